The first-order valence-electron chi connectivity index (χ1n) is 8.54. The van der Waals surface area contributed by atoms with Crippen molar-refractivity contribution in [2.75, 3.05) is 24.7 Å². The average Bonchev–Trinajstić information content (AvgIpc) is 3.34. The lowest BCUT2D eigenvalue weighted by Crippen LogP contribution is -2.30. The SMILES string of the molecule is CS[C@@H]1CCN(C(=O)c2nc(NCc3cncc(F)c3)nc3ccsc23)C1. The number of hydrogen-bond donors (Lipinski definition) is 1. The van der Waals surface area contributed by atoms with Crippen molar-refractivity contribution in [3.63, 3.8) is 0 Å². The molecule has 0 saturated carbocycles. The monoisotopic (exact) mass is 403 g/mol. The highest BCUT2D eigenvalue weighted by atomic mass is 32.2. The maximum absolute atomic E-state index is 13.3. The smallest absolute Gasteiger partial charge is 0.274 e. The van der Waals surface area contributed by atoms with Crippen LogP contribution in [0.3, 0.4) is 0 Å². The van der Waals surface area contributed by atoms with Gasteiger partial charge >= 0.3 is 0 Å². The lowest BCUT2D eigenvalue weighted by Gasteiger charge is -2.16. The third kappa shape index (κ3) is 3.89. The summed E-state index contributed by atoms with van der Waals surface area (Å²) in [5.74, 6) is -0.0947. The Morgan fingerprint density at radius 2 is 2.33 bits per heavy atom. The van der Waals surface area contributed by atoms with Gasteiger partial charge in [-0.05, 0) is 35.8 Å². The molecule has 4 heterocycles. The Morgan fingerprint density at radius 1 is 1.44 bits per heavy atom. The lowest BCUT2D eigenvalue weighted by molar-refractivity contribution is 0.0790. The summed E-state index contributed by atoms with van der Waals surface area (Å²) < 4.78 is 14.1. The highest BCUT2D eigenvalue weighted by molar-refractivity contribution is 7.99. The van der Waals surface area contributed by atoms with Crippen molar-refractivity contribution >= 4 is 45.2 Å². The number of pyridine rings is 1. The quantitative estimate of drug-likeness (QED) is 0.704. The third-order valence-electron chi connectivity index (χ3n) is 4.48. The first kappa shape index (κ1) is 18.1. The second kappa shape index (κ2) is 7.77. The van der Waals surface area contributed by atoms with E-state index in [1.165, 1.54) is 17.4 Å². The minimum absolute atomic E-state index is 0.0585. The normalized spacial score (nSPS) is 16.8. The molecule has 0 unspecified atom stereocenters. The number of likely N-dealkylation sites (tertiary alicyclic amines) is 1. The molecule has 0 bridgehead atoms. The molecule has 3 aromatic heterocycles. The van der Waals surface area contributed by atoms with Crippen LogP contribution in [-0.4, -0.2) is 50.4 Å². The number of halogens is 1. The van der Waals surface area contributed by atoms with E-state index >= 15 is 0 Å². The molecule has 1 N–H and O–H groups in total. The molecule has 9 heteroatoms. The topological polar surface area (TPSA) is 71.0 Å². The van der Waals surface area contributed by atoms with Crippen LogP contribution >= 0.6 is 23.1 Å². The molecule has 1 aliphatic rings. The molecule has 27 heavy (non-hydrogen) atoms. The Balaban J connectivity index is 1.59. The number of nitrogens with zero attached hydrogens (tertiary/aromatic N) is 4. The molecule has 1 saturated heterocycles. The van der Waals surface area contributed by atoms with Crippen LogP contribution in [0.5, 0.6) is 0 Å². The molecular weight excluding hydrogens is 385 g/mol. The number of thiophene rings is 1. The van der Waals surface area contributed by atoms with Gasteiger partial charge in [0.2, 0.25) is 5.95 Å². The molecule has 4 rings (SSSR count). The maximum Gasteiger partial charge on any atom is 0.274 e. The van der Waals surface area contributed by atoms with Crippen LogP contribution in [0.15, 0.2) is 29.9 Å². The summed E-state index contributed by atoms with van der Waals surface area (Å²) in [5.41, 5.74) is 1.84. The van der Waals surface area contributed by atoms with E-state index in [0.29, 0.717) is 29.0 Å². The number of hydrogen-bond acceptors (Lipinski definition) is 7. The van der Waals surface area contributed by atoms with E-state index in [2.05, 4.69) is 26.5 Å². The van der Waals surface area contributed by atoms with E-state index in [-0.39, 0.29) is 5.91 Å². The van der Waals surface area contributed by atoms with Gasteiger partial charge in [-0.15, -0.1) is 11.3 Å². The fourth-order valence-electron chi connectivity index (χ4n) is 3.08. The van der Waals surface area contributed by atoms with E-state index in [0.717, 1.165) is 35.9 Å². The number of rotatable bonds is 5. The summed E-state index contributed by atoms with van der Waals surface area (Å²) in [6, 6.07) is 3.28. The zero-order chi connectivity index (χ0) is 18.8. The molecule has 6 nitrogen and oxygen atoms in total. The summed E-state index contributed by atoms with van der Waals surface area (Å²) in [6.45, 7) is 1.82. The molecule has 1 atom stereocenters. The fraction of sp³-hybridized carbons (Fsp3) is 0.333. The molecule has 0 aromatic carbocycles. The van der Waals surface area contributed by atoms with Gasteiger partial charge in [0, 0.05) is 31.1 Å². The Hall–Kier alpha value is -2.26. The Morgan fingerprint density at radius 3 is 3.11 bits per heavy atom. The maximum atomic E-state index is 13.3. The van der Waals surface area contributed by atoms with Gasteiger partial charge in [-0.25, -0.2) is 14.4 Å². The number of carbonyl (C=O) groups excluding carboxylic acids is 1. The highest BCUT2D eigenvalue weighted by Gasteiger charge is 2.29. The summed E-state index contributed by atoms with van der Waals surface area (Å²) in [6.07, 6.45) is 5.82. The van der Waals surface area contributed by atoms with E-state index in [1.54, 1.807) is 18.0 Å². The molecule has 1 fully saturated rings. The molecule has 1 amide bonds. The van der Waals surface area contributed by atoms with Crippen molar-refractivity contribution in [1.29, 1.82) is 0 Å². The van der Waals surface area contributed by atoms with Crippen molar-refractivity contribution in [3.05, 3.63) is 47.0 Å². The second-order valence-electron chi connectivity index (χ2n) is 6.29. The van der Waals surface area contributed by atoms with Crippen molar-refractivity contribution in [1.82, 2.24) is 19.9 Å². The zero-order valence-corrected chi connectivity index (χ0v) is 16.3. The number of aromatic nitrogens is 3. The number of carbonyl (C=O) groups is 1. The number of amides is 1. The Labute approximate surface area is 164 Å². The summed E-state index contributed by atoms with van der Waals surface area (Å²) in [5, 5.41) is 5.46. The molecule has 3 aromatic rings. The van der Waals surface area contributed by atoms with Crippen LogP contribution in [-0.2, 0) is 6.54 Å². The van der Waals surface area contributed by atoms with Crippen LogP contribution in [0.4, 0.5) is 10.3 Å². The standard InChI is InChI=1S/C18H18FN5OS2/c1-26-13-2-4-24(10-13)17(25)15-16-14(3-5-27-16)22-18(23-15)21-8-11-6-12(19)9-20-7-11/h3,5-7,9,13H,2,4,8,10H2,1H3,(H,21,22,23)/t13-/m1/s1. The number of fused-ring (bicyclic) bond motifs is 1. The molecular formula is C18H18FN5OS2. The van der Waals surface area contributed by atoms with Crippen molar-refractivity contribution in [2.24, 2.45) is 0 Å². The van der Waals surface area contributed by atoms with Crippen molar-refractivity contribution in [2.45, 2.75) is 18.2 Å². The first-order chi connectivity index (χ1) is 13.1. The average molecular weight is 404 g/mol. The largest absolute Gasteiger partial charge is 0.350 e. The minimum atomic E-state index is -0.392. The first-order valence-corrected chi connectivity index (χ1v) is 10.7. The zero-order valence-electron chi connectivity index (χ0n) is 14.7. The van der Waals surface area contributed by atoms with E-state index in [1.807, 2.05) is 16.3 Å². The summed E-state index contributed by atoms with van der Waals surface area (Å²) >= 11 is 3.26. The van der Waals surface area contributed by atoms with Crippen LogP contribution in [0.2, 0.25) is 0 Å². The fourth-order valence-corrected chi connectivity index (χ4v) is 4.56. The van der Waals surface area contributed by atoms with Gasteiger partial charge in [0.1, 0.15) is 5.82 Å². The Bertz CT molecular complexity index is 979. The molecule has 140 valence electrons. The van der Waals surface area contributed by atoms with E-state index < -0.39 is 5.82 Å². The van der Waals surface area contributed by atoms with Crippen LogP contribution in [0, 0.1) is 5.82 Å². The molecule has 0 aliphatic carbocycles. The molecule has 1 aliphatic heterocycles. The number of nitrogens with one attached hydrogen (secondary N) is 1. The number of anilines is 1. The van der Waals surface area contributed by atoms with Gasteiger partial charge in [0.05, 0.1) is 16.4 Å². The van der Waals surface area contributed by atoms with Gasteiger partial charge in [-0.2, -0.15) is 11.8 Å². The molecule has 0 radical (unpaired) electrons. The van der Waals surface area contributed by atoms with E-state index in [9.17, 15) is 9.18 Å². The predicted octanol–water partition coefficient (Wildman–Crippen LogP) is 3.42. The van der Waals surface area contributed by atoms with E-state index in [4.69, 9.17) is 0 Å². The minimum Gasteiger partial charge on any atom is -0.350 e. The van der Waals surface area contributed by atoms with Gasteiger partial charge in [0.15, 0.2) is 5.69 Å². The molecule has 0 spiro atoms. The van der Waals surface area contributed by atoms with Crippen molar-refractivity contribution in [3.8, 4) is 0 Å². The second-order valence-corrected chi connectivity index (χ2v) is 8.35. The third-order valence-corrected chi connectivity index (χ3v) is 6.45. The van der Waals surface area contributed by atoms with Gasteiger partial charge in [0.25, 0.3) is 5.91 Å². The van der Waals surface area contributed by atoms with Crippen LogP contribution in [0.1, 0.15) is 22.5 Å². The summed E-state index contributed by atoms with van der Waals surface area (Å²) in [4.78, 5) is 27.7. The predicted molar refractivity (Wildman–Crippen MR) is 107 cm³/mol. The van der Waals surface area contributed by atoms with Gasteiger partial charge in [-0.3, -0.25) is 9.78 Å². The van der Waals surface area contributed by atoms with Gasteiger partial charge < -0.3 is 10.2 Å². The van der Waals surface area contributed by atoms with Crippen molar-refractivity contribution < 1.29 is 9.18 Å². The van der Waals surface area contributed by atoms with Crippen LogP contribution < -0.4 is 5.32 Å². The Kier molecular flexibility index (Phi) is 5.22. The lowest BCUT2D eigenvalue weighted by atomic mass is 10.3. The van der Waals surface area contributed by atoms with Crippen LogP contribution in [0.25, 0.3) is 10.2 Å². The summed E-state index contributed by atoms with van der Waals surface area (Å²) in [7, 11) is 0. The van der Waals surface area contributed by atoms with Gasteiger partial charge in [-0.1, -0.05) is 0 Å². The highest BCUT2D eigenvalue weighted by Crippen LogP contribution is 2.27. The number of thioether (sulfide) groups is 1.